The lowest BCUT2D eigenvalue weighted by atomic mass is 10.0. The van der Waals surface area contributed by atoms with E-state index in [-0.39, 0.29) is 5.91 Å². The summed E-state index contributed by atoms with van der Waals surface area (Å²) in [5.74, 6) is 1.57. The molecule has 0 radical (unpaired) electrons. The predicted molar refractivity (Wildman–Crippen MR) is 159 cm³/mol. The molecule has 8 nitrogen and oxygen atoms in total. The van der Waals surface area contributed by atoms with Crippen molar-refractivity contribution in [2.24, 2.45) is 0 Å². The molecule has 8 heteroatoms. The van der Waals surface area contributed by atoms with E-state index in [1.165, 1.54) is 25.8 Å². The van der Waals surface area contributed by atoms with Gasteiger partial charge in [-0.05, 0) is 82.0 Å². The summed E-state index contributed by atoms with van der Waals surface area (Å²) in [6, 6.07) is 12.2. The molecule has 1 aliphatic heterocycles. The number of rotatable bonds is 14. The van der Waals surface area contributed by atoms with Gasteiger partial charge in [0.1, 0.15) is 17.0 Å². The van der Waals surface area contributed by atoms with E-state index in [1.54, 1.807) is 7.11 Å². The molecule has 1 fully saturated rings. The number of fused-ring (bicyclic) bond motifs is 1. The number of carbonyl (C=O) groups is 1. The number of likely N-dealkylation sites (tertiary alicyclic amines) is 1. The lowest BCUT2D eigenvalue weighted by Gasteiger charge is -2.33. The number of ether oxygens (including phenoxy) is 1. The van der Waals surface area contributed by atoms with Gasteiger partial charge in [-0.2, -0.15) is 0 Å². The quantitative estimate of drug-likeness (QED) is 0.255. The van der Waals surface area contributed by atoms with Gasteiger partial charge in [0.15, 0.2) is 5.65 Å². The Morgan fingerprint density at radius 2 is 1.74 bits per heavy atom. The predicted octanol–water partition coefficient (Wildman–Crippen LogP) is 6.49. The number of unbranched alkanes of at least 4 members (excludes halogenated alkanes) is 2. The topological polar surface area (TPSA) is 75.5 Å². The van der Waals surface area contributed by atoms with Crippen LogP contribution in [0.1, 0.15) is 82.6 Å². The highest BCUT2D eigenvalue weighted by Crippen LogP contribution is 2.25. The fourth-order valence-corrected chi connectivity index (χ4v) is 5.33. The van der Waals surface area contributed by atoms with Crippen molar-refractivity contribution in [1.82, 2.24) is 24.3 Å². The number of anilines is 2. The van der Waals surface area contributed by atoms with Gasteiger partial charge < -0.3 is 19.9 Å². The van der Waals surface area contributed by atoms with Crippen LogP contribution in [0.5, 0.6) is 5.75 Å². The summed E-state index contributed by atoms with van der Waals surface area (Å²) in [7, 11) is 1.67. The molecule has 1 saturated heterocycles. The summed E-state index contributed by atoms with van der Waals surface area (Å²) in [6.07, 6.45) is 9.00. The SMILES string of the molecule is CCCCN(CCCC)C(=O)c1ccc2nc(Nc3ccc(OC)cc3)n(CCCN3CCCCC3C)c2n1. The molecule has 1 N–H and O–H groups in total. The Labute approximate surface area is 233 Å². The molecule has 0 saturated carbocycles. The van der Waals surface area contributed by atoms with Crippen LogP contribution >= 0.6 is 0 Å². The van der Waals surface area contributed by atoms with Crippen molar-refractivity contribution in [2.75, 3.05) is 38.6 Å². The summed E-state index contributed by atoms with van der Waals surface area (Å²) in [4.78, 5) is 27.9. The average Bonchev–Trinajstić information content (AvgIpc) is 3.30. The number of benzene rings is 1. The normalized spacial score (nSPS) is 15.9. The minimum atomic E-state index is 0.0124. The van der Waals surface area contributed by atoms with Crippen molar-refractivity contribution >= 4 is 28.7 Å². The number of methoxy groups -OCH3 is 1. The average molecular weight is 535 g/mol. The number of pyridine rings is 1. The van der Waals surface area contributed by atoms with Gasteiger partial charge in [0.2, 0.25) is 5.95 Å². The summed E-state index contributed by atoms with van der Waals surface area (Å²) in [6.45, 7) is 11.2. The van der Waals surface area contributed by atoms with Crippen molar-refractivity contribution in [1.29, 1.82) is 0 Å². The van der Waals surface area contributed by atoms with Crippen molar-refractivity contribution < 1.29 is 9.53 Å². The highest BCUT2D eigenvalue weighted by atomic mass is 16.5. The van der Waals surface area contributed by atoms with E-state index in [9.17, 15) is 4.79 Å². The number of piperidine rings is 1. The minimum Gasteiger partial charge on any atom is -0.497 e. The van der Waals surface area contributed by atoms with Crippen LogP contribution in [-0.2, 0) is 6.54 Å². The van der Waals surface area contributed by atoms with Gasteiger partial charge in [0.25, 0.3) is 5.91 Å². The Hall–Kier alpha value is -3.13. The van der Waals surface area contributed by atoms with Crippen LogP contribution in [0, 0.1) is 0 Å². The first-order valence-electron chi connectivity index (χ1n) is 14.9. The lowest BCUT2D eigenvalue weighted by molar-refractivity contribution is 0.0745. The van der Waals surface area contributed by atoms with Gasteiger partial charge in [0.05, 0.1) is 7.11 Å². The Bertz CT molecular complexity index is 1180. The number of hydrogen-bond acceptors (Lipinski definition) is 6. The third-order valence-electron chi connectivity index (χ3n) is 7.78. The van der Waals surface area contributed by atoms with E-state index in [4.69, 9.17) is 14.7 Å². The molecule has 1 atom stereocenters. The van der Waals surface area contributed by atoms with E-state index in [0.29, 0.717) is 11.7 Å². The van der Waals surface area contributed by atoms with Gasteiger partial charge >= 0.3 is 0 Å². The van der Waals surface area contributed by atoms with Crippen molar-refractivity contribution in [2.45, 2.75) is 84.7 Å². The molecular weight excluding hydrogens is 488 g/mol. The van der Waals surface area contributed by atoms with Gasteiger partial charge in [-0.15, -0.1) is 0 Å². The molecule has 3 heterocycles. The molecule has 3 aromatic rings. The third-order valence-corrected chi connectivity index (χ3v) is 7.78. The maximum atomic E-state index is 13.5. The monoisotopic (exact) mass is 534 g/mol. The van der Waals surface area contributed by atoms with Crippen LogP contribution in [0.2, 0.25) is 0 Å². The molecular formula is C31H46N6O2. The standard InChI is InChI=1S/C31H46N6O2/c1-5-7-19-36(20-8-6-2)30(38)28-18-17-27-29(33-28)37(23-11-22-35-21-10-9-12-24(35)3)31(34-27)32-25-13-15-26(39-4)16-14-25/h13-18,24H,5-12,19-23H2,1-4H3,(H,32,34). The van der Waals surface area contributed by atoms with Crippen LogP contribution < -0.4 is 10.1 Å². The Morgan fingerprint density at radius 3 is 2.41 bits per heavy atom. The number of hydrogen-bond donors (Lipinski definition) is 1. The Kier molecular flexibility index (Phi) is 10.6. The van der Waals surface area contributed by atoms with Crippen LogP contribution in [0.15, 0.2) is 36.4 Å². The third kappa shape index (κ3) is 7.50. The number of nitrogens with one attached hydrogen (secondary N) is 1. The minimum absolute atomic E-state index is 0.0124. The number of imidazole rings is 1. The Morgan fingerprint density at radius 1 is 1.00 bits per heavy atom. The van der Waals surface area contributed by atoms with Crippen LogP contribution in [0.4, 0.5) is 11.6 Å². The zero-order valence-electron chi connectivity index (χ0n) is 24.3. The highest BCUT2D eigenvalue weighted by Gasteiger charge is 2.21. The second-order valence-corrected chi connectivity index (χ2v) is 10.7. The zero-order valence-corrected chi connectivity index (χ0v) is 24.3. The zero-order chi connectivity index (χ0) is 27.6. The van der Waals surface area contributed by atoms with Gasteiger partial charge in [-0.25, -0.2) is 9.97 Å². The summed E-state index contributed by atoms with van der Waals surface area (Å²) < 4.78 is 7.46. The number of aromatic nitrogens is 3. The van der Waals surface area contributed by atoms with E-state index in [2.05, 4.69) is 35.6 Å². The smallest absolute Gasteiger partial charge is 0.272 e. The fourth-order valence-electron chi connectivity index (χ4n) is 5.33. The number of nitrogens with zero attached hydrogens (tertiary/aromatic N) is 5. The molecule has 1 amide bonds. The summed E-state index contributed by atoms with van der Waals surface area (Å²) in [5, 5.41) is 3.49. The second kappa shape index (κ2) is 14.3. The summed E-state index contributed by atoms with van der Waals surface area (Å²) >= 11 is 0. The van der Waals surface area contributed by atoms with E-state index >= 15 is 0 Å². The van der Waals surface area contributed by atoms with Gasteiger partial charge in [-0.1, -0.05) is 33.1 Å². The van der Waals surface area contributed by atoms with Gasteiger partial charge in [-0.3, -0.25) is 9.36 Å². The highest BCUT2D eigenvalue weighted by molar-refractivity contribution is 5.94. The fraction of sp³-hybridized carbons (Fsp3) is 0.581. The largest absolute Gasteiger partial charge is 0.497 e. The number of aryl methyl sites for hydroxylation is 1. The van der Waals surface area contributed by atoms with Crippen molar-refractivity contribution in [3.63, 3.8) is 0 Å². The molecule has 2 aromatic heterocycles. The molecule has 212 valence electrons. The first-order chi connectivity index (χ1) is 19.0. The van der Waals surface area contributed by atoms with Crippen molar-refractivity contribution in [3.8, 4) is 5.75 Å². The Balaban J connectivity index is 1.61. The molecule has 1 unspecified atom stereocenters. The molecule has 4 rings (SSSR count). The van der Waals surface area contributed by atoms with E-state index in [0.717, 1.165) is 86.8 Å². The van der Waals surface area contributed by atoms with Crippen LogP contribution in [0.3, 0.4) is 0 Å². The van der Waals surface area contributed by atoms with Gasteiger partial charge in [0, 0.05) is 37.9 Å². The number of carbonyl (C=O) groups excluding carboxylic acids is 1. The maximum absolute atomic E-state index is 13.5. The molecule has 39 heavy (non-hydrogen) atoms. The molecule has 0 spiro atoms. The molecule has 1 aromatic carbocycles. The summed E-state index contributed by atoms with van der Waals surface area (Å²) in [5.41, 5.74) is 2.98. The second-order valence-electron chi connectivity index (χ2n) is 10.7. The number of amides is 1. The van der Waals surface area contributed by atoms with E-state index in [1.807, 2.05) is 41.3 Å². The molecule has 0 bridgehead atoms. The van der Waals surface area contributed by atoms with Crippen LogP contribution in [-0.4, -0.2) is 69.6 Å². The van der Waals surface area contributed by atoms with Crippen LogP contribution in [0.25, 0.3) is 11.2 Å². The maximum Gasteiger partial charge on any atom is 0.272 e. The lowest BCUT2D eigenvalue weighted by Crippen LogP contribution is -2.38. The van der Waals surface area contributed by atoms with Crippen molar-refractivity contribution in [3.05, 3.63) is 42.1 Å². The van der Waals surface area contributed by atoms with E-state index < -0.39 is 0 Å². The first-order valence-corrected chi connectivity index (χ1v) is 14.9. The molecule has 1 aliphatic rings. The first kappa shape index (κ1) is 28.9. The molecule has 0 aliphatic carbocycles.